The van der Waals surface area contributed by atoms with Crippen molar-refractivity contribution in [2.24, 2.45) is 0 Å². The number of hydrogen-bond donors (Lipinski definition) is 0. The van der Waals surface area contributed by atoms with E-state index in [9.17, 15) is 8.42 Å². The first-order chi connectivity index (χ1) is 14.0. The topological polar surface area (TPSA) is 37.4 Å². The molecule has 1 aliphatic heterocycles. The summed E-state index contributed by atoms with van der Waals surface area (Å²) in [5, 5.41) is 0. The maximum Gasteiger partial charge on any atom is 0.243 e. The minimum absolute atomic E-state index is 0.0198. The summed E-state index contributed by atoms with van der Waals surface area (Å²) < 4.78 is 27.3. The number of halogens is 1. The summed E-state index contributed by atoms with van der Waals surface area (Å²) in [7, 11) is -3.45. The van der Waals surface area contributed by atoms with Crippen LogP contribution < -0.4 is 0 Å². The molecular weight excluding hydrogens is 446 g/mol. The van der Waals surface area contributed by atoms with E-state index in [4.69, 9.17) is 0 Å². The van der Waals surface area contributed by atoms with E-state index < -0.39 is 10.0 Å². The first-order valence-electron chi connectivity index (χ1n) is 9.75. The molecule has 0 saturated carbocycles. The summed E-state index contributed by atoms with van der Waals surface area (Å²) in [5.74, 6) is 0. The molecule has 0 fully saturated rings. The zero-order chi connectivity index (χ0) is 20.7. The van der Waals surface area contributed by atoms with E-state index in [-0.39, 0.29) is 4.83 Å². The molecule has 1 atom stereocenters. The summed E-state index contributed by atoms with van der Waals surface area (Å²) >= 11 is 3.65. The molecule has 3 nitrogen and oxygen atoms in total. The van der Waals surface area contributed by atoms with Gasteiger partial charge in [0, 0.05) is 13.1 Å². The van der Waals surface area contributed by atoms with E-state index in [2.05, 4.69) is 52.4 Å². The summed E-state index contributed by atoms with van der Waals surface area (Å²) in [6.45, 7) is 2.91. The molecule has 2 aromatic carbocycles. The number of allylic oxidation sites excluding steroid dienone is 6. The van der Waals surface area contributed by atoms with Crippen LogP contribution >= 0.6 is 15.9 Å². The fraction of sp³-hybridized carbons (Fsp3) is 0.250. The van der Waals surface area contributed by atoms with Crippen molar-refractivity contribution in [1.29, 1.82) is 0 Å². The van der Waals surface area contributed by atoms with Crippen molar-refractivity contribution in [2.45, 2.75) is 29.5 Å². The summed E-state index contributed by atoms with van der Waals surface area (Å²) in [6.07, 6.45) is 14.2. The number of sulfonamides is 1. The van der Waals surface area contributed by atoms with Gasteiger partial charge >= 0.3 is 0 Å². The Kier molecular flexibility index (Phi) is 7.64. The Hall–Kier alpha value is -1.95. The van der Waals surface area contributed by atoms with Crippen molar-refractivity contribution < 1.29 is 8.42 Å². The maximum atomic E-state index is 12.9. The van der Waals surface area contributed by atoms with E-state index in [0.29, 0.717) is 18.0 Å². The highest BCUT2D eigenvalue weighted by atomic mass is 79.9. The van der Waals surface area contributed by atoms with Crippen LogP contribution in [-0.4, -0.2) is 25.8 Å². The van der Waals surface area contributed by atoms with Crippen molar-refractivity contribution >= 4 is 26.0 Å². The van der Waals surface area contributed by atoms with Gasteiger partial charge in [0.25, 0.3) is 0 Å². The highest BCUT2D eigenvalue weighted by Gasteiger charge is 2.29. The van der Waals surface area contributed by atoms with Crippen LogP contribution in [0.15, 0.2) is 89.9 Å². The molecule has 0 saturated heterocycles. The molecule has 1 heterocycles. The first kappa shape index (κ1) is 21.8. The monoisotopic (exact) mass is 471 g/mol. The van der Waals surface area contributed by atoms with Crippen LogP contribution in [0.2, 0.25) is 0 Å². The van der Waals surface area contributed by atoms with Gasteiger partial charge in [0.1, 0.15) is 0 Å². The average molecular weight is 472 g/mol. The van der Waals surface area contributed by atoms with E-state index in [1.54, 1.807) is 16.4 Å². The van der Waals surface area contributed by atoms with Crippen LogP contribution in [0.5, 0.6) is 0 Å². The average Bonchev–Trinajstić information content (AvgIpc) is 3.12. The van der Waals surface area contributed by atoms with E-state index >= 15 is 0 Å². The predicted octanol–water partition coefficient (Wildman–Crippen LogP) is 5.74. The molecule has 0 aromatic heterocycles. The second-order valence-corrected chi connectivity index (χ2v) is 10.1. The van der Waals surface area contributed by atoms with E-state index in [1.807, 2.05) is 43.3 Å². The number of hydrogen-bond acceptors (Lipinski definition) is 2. The number of fused-ring (bicyclic) bond motifs is 1. The molecule has 4 rings (SSSR count). The highest BCUT2D eigenvalue weighted by molar-refractivity contribution is 9.09. The fourth-order valence-corrected chi connectivity index (χ4v) is 5.72. The molecular formula is C24H26BrNO2S. The minimum Gasteiger partial charge on any atom is -0.207 e. The molecule has 0 N–H and O–H groups in total. The van der Waals surface area contributed by atoms with E-state index in [0.717, 1.165) is 18.4 Å². The maximum absolute atomic E-state index is 12.9. The Labute approximate surface area is 182 Å². The number of benzene rings is 2. The zero-order valence-electron chi connectivity index (χ0n) is 16.5. The second-order valence-electron chi connectivity index (χ2n) is 7.07. The number of nitrogens with zero attached hydrogens (tertiary/aromatic N) is 1. The van der Waals surface area contributed by atoms with Crippen LogP contribution in [-0.2, 0) is 16.4 Å². The molecule has 0 amide bonds. The summed E-state index contributed by atoms with van der Waals surface area (Å²) in [6, 6.07) is 15.2. The summed E-state index contributed by atoms with van der Waals surface area (Å²) in [4.78, 5) is 0.384. The number of aryl methyl sites for hydroxylation is 1. The molecule has 29 heavy (non-hydrogen) atoms. The standard InChI is InChI=1S/C17H18BrNO2S.C7H8/c1-13-6-8-15(9-7-13)22(20,21)19-11-10-14-4-2-3-5-16(14)17(18)12-19;1-2-4-6-7-5-3-1/h2-9,17H,10-12H2,1H3;1-6H,7H2. The molecule has 0 radical (unpaired) electrons. The fourth-order valence-electron chi connectivity index (χ4n) is 3.28. The molecule has 0 spiro atoms. The molecule has 0 bridgehead atoms. The van der Waals surface area contributed by atoms with Gasteiger partial charge < -0.3 is 0 Å². The van der Waals surface area contributed by atoms with E-state index in [1.165, 1.54) is 11.1 Å². The highest BCUT2D eigenvalue weighted by Crippen LogP contribution is 2.32. The molecule has 2 aromatic rings. The van der Waals surface area contributed by atoms with Crippen LogP contribution in [0.1, 0.15) is 27.9 Å². The van der Waals surface area contributed by atoms with Gasteiger partial charge in [-0.2, -0.15) is 4.31 Å². The van der Waals surface area contributed by atoms with Crippen LogP contribution in [0.25, 0.3) is 0 Å². The third kappa shape index (κ3) is 5.78. The number of rotatable bonds is 2. The van der Waals surface area contributed by atoms with Crippen LogP contribution in [0, 0.1) is 6.92 Å². The Bertz CT molecular complexity index is 993. The Morgan fingerprint density at radius 1 is 0.931 bits per heavy atom. The molecule has 1 aliphatic carbocycles. The lowest BCUT2D eigenvalue weighted by Gasteiger charge is -2.22. The predicted molar refractivity (Wildman–Crippen MR) is 124 cm³/mol. The van der Waals surface area contributed by atoms with Crippen molar-refractivity contribution in [1.82, 2.24) is 4.31 Å². The third-order valence-corrected chi connectivity index (χ3v) is 7.59. The second kappa shape index (κ2) is 10.2. The molecule has 152 valence electrons. The van der Waals surface area contributed by atoms with Gasteiger partial charge in [-0.15, -0.1) is 0 Å². The van der Waals surface area contributed by atoms with Gasteiger partial charge in [-0.3, -0.25) is 0 Å². The lowest BCUT2D eigenvalue weighted by atomic mass is 10.0. The molecule has 1 unspecified atom stereocenters. The van der Waals surface area contributed by atoms with Crippen molar-refractivity contribution in [3.8, 4) is 0 Å². The minimum atomic E-state index is -3.45. The first-order valence-corrected chi connectivity index (χ1v) is 12.1. The zero-order valence-corrected chi connectivity index (χ0v) is 18.9. The van der Waals surface area contributed by atoms with Gasteiger partial charge in [-0.05, 0) is 43.0 Å². The lowest BCUT2D eigenvalue weighted by Crippen LogP contribution is -2.33. The Balaban J connectivity index is 0.000000290. The smallest absolute Gasteiger partial charge is 0.207 e. The largest absolute Gasteiger partial charge is 0.243 e. The SMILES string of the molecule is C1=CC=CCC=C1.Cc1ccc(S(=O)(=O)N2CCc3ccccc3C(Br)C2)cc1. The van der Waals surface area contributed by atoms with Gasteiger partial charge in [-0.1, -0.05) is 94.3 Å². The van der Waals surface area contributed by atoms with Crippen molar-refractivity contribution in [3.05, 3.63) is 102 Å². The Morgan fingerprint density at radius 3 is 2.28 bits per heavy atom. The quantitative estimate of drug-likeness (QED) is 0.523. The Morgan fingerprint density at radius 2 is 1.59 bits per heavy atom. The van der Waals surface area contributed by atoms with Crippen molar-refractivity contribution in [3.63, 3.8) is 0 Å². The van der Waals surface area contributed by atoms with Crippen molar-refractivity contribution in [2.75, 3.05) is 13.1 Å². The van der Waals surface area contributed by atoms with Crippen LogP contribution in [0.4, 0.5) is 0 Å². The molecule has 5 heteroatoms. The summed E-state index contributed by atoms with van der Waals surface area (Å²) in [5.41, 5.74) is 3.45. The lowest BCUT2D eigenvalue weighted by molar-refractivity contribution is 0.425. The van der Waals surface area contributed by atoms with Gasteiger partial charge in [-0.25, -0.2) is 8.42 Å². The van der Waals surface area contributed by atoms with Gasteiger partial charge in [0.2, 0.25) is 10.0 Å². The number of alkyl halides is 1. The third-order valence-electron chi connectivity index (χ3n) is 4.92. The van der Waals surface area contributed by atoms with Crippen LogP contribution in [0.3, 0.4) is 0 Å². The van der Waals surface area contributed by atoms with Gasteiger partial charge in [0.15, 0.2) is 0 Å². The van der Waals surface area contributed by atoms with Gasteiger partial charge in [0.05, 0.1) is 9.72 Å². The normalized spacial score (nSPS) is 18.9. The molecule has 2 aliphatic rings.